The smallest absolute Gasteiger partial charge is 0.123 e. The molecule has 0 heterocycles. The minimum atomic E-state index is -0.579. The first-order valence-corrected chi connectivity index (χ1v) is 9.07. The van der Waals surface area contributed by atoms with Crippen LogP contribution in [-0.2, 0) is 33.8 Å². The predicted octanol–water partition coefficient (Wildman–Crippen LogP) is 6.26. The van der Waals surface area contributed by atoms with Gasteiger partial charge < -0.3 is 0 Å². The van der Waals surface area contributed by atoms with E-state index in [-0.39, 0.29) is 0 Å². The lowest BCUT2D eigenvalue weighted by Crippen LogP contribution is -2.31. The van der Waals surface area contributed by atoms with Crippen molar-refractivity contribution in [1.29, 1.82) is 0 Å². The number of hydrogen-bond acceptors (Lipinski definition) is 2. The van der Waals surface area contributed by atoms with Crippen LogP contribution in [0.25, 0.3) is 0 Å². The Morgan fingerprint density at radius 1 is 0.692 bits per heavy atom. The molecule has 138 valence electrons. The van der Waals surface area contributed by atoms with Gasteiger partial charge in [-0.25, -0.2) is 9.78 Å². The minimum absolute atomic E-state index is 0.579. The van der Waals surface area contributed by atoms with Gasteiger partial charge in [-0.1, -0.05) is 60.7 Å². The number of hydrogen-bond donors (Lipinski definition) is 0. The molecule has 0 spiro atoms. The van der Waals surface area contributed by atoms with Crippen LogP contribution < -0.4 is 0 Å². The Morgan fingerprint density at radius 2 is 1.04 bits per heavy atom. The van der Waals surface area contributed by atoms with Crippen LogP contribution in [0.2, 0.25) is 0 Å². The van der Waals surface area contributed by atoms with Gasteiger partial charge in [-0.2, -0.15) is 0 Å². The molecule has 0 bridgehead atoms. The number of rotatable bonds is 9. The van der Waals surface area contributed by atoms with E-state index in [9.17, 15) is 0 Å². The third-order valence-corrected chi connectivity index (χ3v) is 4.52. The van der Waals surface area contributed by atoms with Crippen molar-refractivity contribution in [2.75, 3.05) is 0 Å². The van der Waals surface area contributed by atoms with Crippen LogP contribution in [0.4, 0.5) is 0 Å². The first-order valence-electron chi connectivity index (χ1n) is 9.07. The molecule has 0 N–H and O–H groups in total. The lowest BCUT2D eigenvalue weighted by Gasteiger charge is -2.33. The topological polar surface area (TPSA) is 18.5 Å². The summed E-state index contributed by atoms with van der Waals surface area (Å²) in [6, 6.07) is 16.5. The van der Waals surface area contributed by atoms with E-state index in [2.05, 4.69) is 37.4 Å². The van der Waals surface area contributed by atoms with Crippen LogP contribution in [-0.4, -0.2) is 0 Å². The summed E-state index contributed by atoms with van der Waals surface area (Å²) in [5.74, 6) is 0. The Bertz CT molecular complexity index is 691. The lowest BCUT2D eigenvalue weighted by atomic mass is 9.91. The van der Waals surface area contributed by atoms with Crippen molar-refractivity contribution < 1.29 is 9.78 Å². The molecule has 2 aromatic carbocycles. The summed E-state index contributed by atoms with van der Waals surface area (Å²) in [4.78, 5) is 12.0. The van der Waals surface area contributed by atoms with E-state index in [0.29, 0.717) is 0 Å². The third kappa shape index (κ3) is 4.72. The summed E-state index contributed by atoms with van der Waals surface area (Å²) in [6.07, 6.45) is 5.42. The molecule has 2 heteroatoms. The second kappa shape index (κ2) is 8.48. The summed E-state index contributed by atoms with van der Waals surface area (Å²) in [5.41, 5.74) is 3.45. The highest BCUT2D eigenvalue weighted by Crippen LogP contribution is 2.34. The molecule has 0 aromatic heterocycles. The van der Waals surface area contributed by atoms with Crippen LogP contribution in [0, 0.1) is 0 Å². The zero-order valence-corrected chi connectivity index (χ0v) is 16.4. The Morgan fingerprint density at radius 3 is 1.38 bits per heavy atom. The summed E-state index contributed by atoms with van der Waals surface area (Å²) >= 11 is 0. The van der Waals surface area contributed by atoms with Gasteiger partial charge in [0.2, 0.25) is 0 Å². The quantitative estimate of drug-likeness (QED) is 0.302. The molecule has 0 aliphatic carbocycles. The molecule has 0 atom stereocenters. The van der Waals surface area contributed by atoms with Crippen LogP contribution in [0.1, 0.15) is 49.9 Å². The molecular weight excluding hydrogens is 320 g/mol. The van der Waals surface area contributed by atoms with Gasteiger partial charge in [0, 0.05) is 0 Å². The Kier molecular flexibility index (Phi) is 6.57. The van der Waals surface area contributed by atoms with Gasteiger partial charge in [0.15, 0.2) is 0 Å². The van der Waals surface area contributed by atoms with E-state index in [1.807, 2.05) is 64.1 Å². The van der Waals surface area contributed by atoms with Crippen LogP contribution in [0.3, 0.4) is 0 Å². The van der Waals surface area contributed by atoms with Gasteiger partial charge in [0.05, 0.1) is 0 Å². The molecule has 2 nitrogen and oxygen atoms in total. The molecule has 0 aliphatic heterocycles. The fraction of sp³-hybridized carbons (Fsp3) is 0.333. The van der Waals surface area contributed by atoms with Crippen molar-refractivity contribution in [2.45, 2.75) is 51.7 Å². The van der Waals surface area contributed by atoms with Crippen LogP contribution >= 0.6 is 0 Å². The van der Waals surface area contributed by atoms with E-state index in [4.69, 9.17) is 9.78 Å². The molecular formula is C24H30O2. The standard InChI is InChI=1S/C24H30O2/c1-7-13-19-15-9-11-17-21(19)23(3,4)25-26-24(5,6)22-18-12-10-16-20(22)14-8-2/h7-12,15-18H,1-2,13-14H2,3-6H3. The van der Waals surface area contributed by atoms with Crippen molar-refractivity contribution >= 4 is 0 Å². The van der Waals surface area contributed by atoms with Crippen molar-refractivity contribution in [3.05, 3.63) is 96.1 Å². The molecule has 2 rings (SSSR count). The second-order valence-corrected chi connectivity index (χ2v) is 7.49. The molecule has 0 saturated heterocycles. The summed E-state index contributed by atoms with van der Waals surface area (Å²) in [5, 5.41) is 0. The average Bonchev–Trinajstić information content (AvgIpc) is 2.62. The third-order valence-electron chi connectivity index (χ3n) is 4.52. The van der Waals surface area contributed by atoms with E-state index in [1.165, 1.54) is 11.1 Å². The molecule has 0 fully saturated rings. The van der Waals surface area contributed by atoms with Crippen LogP contribution in [0.15, 0.2) is 73.8 Å². The maximum atomic E-state index is 5.99. The van der Waals surface area contributed by atoms with E-state index in [0.717, 1.165) is 24.0 Å². The van der Waals surface area contributed by atoms with E-state index in [1.54, 1.807) is 0 Å². The monoisotopic (exact) mass is 350 g/mol. The number of benzene rings is 2. The van der Waals surface area contributed by atoms with Crippen molar-refractivity contribution in [3.8, 4) is 0 Å². The SMILES string of the molecule is C=CCc1ccccc1C(C)(C)OOC(C)(C)c1ccccc1CC=C. The molecule has 0 amide bonds. The predicted molar refractivity (Wildman–Crippen MR) is 109 cm³/mol. The molecule has 0 unspecified atom stereocenters. The highest BCUT2D eigenvalue weighted by Gasteiger charge is 2.31. The average molecular weight is 351 g/mol. The molecule has 0 aliphatic rings. The highest BCUT2D eigenvalue weighted by molar-refractivity contribution is 5.34. The highest BCUT2D eigenvalue weighted by atomic mass is 17.2. The van der Waals surface area contributed by atoms with E-state index < -0.39 is 11.2 Å². The van der Waals surface area contributed by atoms with E-state index >= 15 is 0 Å². The van der Waals surface area contributed by atoms with Gasteiger partial charge in [0.1, 0.15) is 11.2 Å². The van der Waals surface area contributed by atoms with Crippen molar-refractivity contribution in [2.24, 2.45) is 0 Å². The zero-order valence-electron chi connectivity index (χ0n) is 16.4. The number of allylic oxidation sites excluding steroid dienone is 2. The maximum Gasteiger partial charge on any atom is 0.123 e. The van der Waals surface area contributed by atoms with Crippen molar-refractivity contribution in [3.63, 3.8) is 0 Å². The molecule has 2 aromatic rings. The van der Waals surface area contributed by atoms with Gasteiger partial charge in [-0.15, -0.1) is 13.2 Å². The van der Waals surface area contributed by atoms with Gasteiger partial charge in [0.25, 0.3) is 0 Å². The zero-order chi connectivity index (χ0) is 19.2. The molecule has 0 saturated carbocycles. The lowest BCUT2D eigenvalue weighted by molar-refractivity contribution is -0.410. The van der Waals surface area contributed by atoms with Gasteiger partial charge in [-0.3, -0.25) is 0 Å². The first kappa shape index (κ1) is 20.2. The minimum Gasteiger partial charge on any atom is -0.225 e. The second-order valence-electron chi connectivity index (χ2n) is 7.49. The van der Waals surface area contributed by atoms with Crippen LogP contribution in [0.5, 0.6) is 0 Å². The molecule has 26 heavy (non-hydrogen) atoms. The summed E-state index contributed by atoms with van der Waals surface area (Å²) in [7, 11) is 0. The fourth-order valence-corrected chi connectivity index (χ4v) is 3.18. The summed E-state index contributed by atoms with van der Waals surface area (Å²) in [6.45, 7) is 15.8. The Hall–Kier alpha value is -2.16. The van der Waals surface area contributed by atoms with Gasteiger partial charge >= 0.3 is 0 Å². The van der Waals surface area contributed by atoms with Crippen molar-refractivity contribution in [1.82, 2.24) is 0 Å². The maximum absolute atomic E-state index is 5.99. The Balaban J connectivity index is 2.23. The Labute approximate surface area is 158 Å². The summed E-state index contributed by atoms with van der Waals surface area (Å²) < 4.78 is 0. The normalized spacial score (nSPS) is 12.0. The first-order chi connectivity index (χ1) is 12.3. The van der Waals surface area contributed by atoms with Gasteiger partial charge in [-0.05, 0) is 62.8 Å². The molecule has 0 radical (unpaired) electrons. The fourth-order valence-electron chi connectivity index (χ4n) is 3.18. The largest absolute Gasteiger partial charge is 0.225 e.